The van der Waals surface area contributed by atoms with Crippen molar-refractivity contribution in [2.24, 2.45) is 0 Å². The van der Waals surface area contributed by atoms with Crippen molar-refractivity contribution in [3.05, 3.63) is 17.1 Å². The summed E-state index contributed by atoms with van der Waals surface area (Å²) in [6, 6.07) is 0. The number of nitrogens with zero attached hydrogens (tertiary/aromatic N) is 2. The second kappa shape index (κ2) is 6.31. The zero-order valence-electron chi connectivity index (χ0n) is 12.0. The summed E-state index contributed by atoms with van der Waals surface area (Å²) < 4.78 is 23.0. The Morgan fingerprint density at radius 1 is 1.38 bits per heavy atom. The van der Waals surface area contributed by atoms with Crippen molar-refractivity contribution in [1.82, 2.24) is 9.97 Å². The van der Waals surface area contributed by atoms with E-state index in [9.17, 15) is 18.3 Å². The fourth-order valence-corrected chi connectivity index (χ4v) is 4.22. The first-order valence-electron chi connectivity index (χ1n) is 6.79. The van der Waals surface area contributed by atoms with Gasteiger partial charge in [-0.25, -0.2) is 23.2 Å². The summed E-state index contributed by atoms with van der Waals surface area (Å²) in [5.41, 5.74) is 0.526. The van der Waals surface area contributed by atoms with Crippen LogP contribution in [0.3, 0.4) is 0 Å². The van der Waals surface area contributed by atoms with Gasteiger partial charge in [-0.3, -0.25) is 0 Å². The summed E-state index contributed by atoms with van der Waals surface area (Å²) in [4.78, 5) is 19.9. The molecule has 6 nitrogen and oxygen atoms in total. The van der Waals surface area contributed by atoms with Crippen LogP contribution in [-0.2, 0) is 9.84 Å². The third-order valence-corrected chi connectivity index (χ3v) is 6.24. The molecule has 0 unspecified atom stereocenters. The van der Waals surface area contributed by atoms with E-state index in [0.29, 0.717) is 28.2 Å². The van der Waals surface area contributed by atoms with Gasteiger partial charge in [-0.2, -0.15) is 0 Å². The Balaban J connectivity index is 2.21. The van der Waals surface area contributed by atoms with E-state index in [0.717, 1.165) is 12.8 Å². The molecule has 21 heavy (non-hydrogen) atoms. The highest BCUT2D eigenvalue weighted by molar-refractivity contribution is 8.00. The Hall–Kier alpha value is -1.15. The lowest BCUT2D eigenvalue weighted by Crippen LogP contribution is -2.13. The smallest absolute Gasteiger partial charge is 0.340 e. The summed E-state index contributed by atoms with van der Waals surface area (Å²) >= 11 is 1.18. The van der Waals surface area contributed by atoms with Gasteiger partial charge < -0.3 is 5.11 Å². The predicted molar refractivity (Wildman–Crippen MR) is 80.8 cm³/mol. The van der Waals surface area contributed by atoms with E-state index < -0.39 is 15.8 Å². The van der Waals surface area contributed by atoms with Gasteiger partial charge in [-0.1, -0.05) is 6.92 Å². The van der Waals surface area contributed by atoms with Gasteiger partial charge in [0.2, 0.25) is 0 Å². The Morgan fingerprint density at radius 2 is 2.05 bits per heavy atom. The predicted octanol–water partition coefficient (Wildman–Crippen LogP) is 1.89. The quantitative estimate of drug-likeness (QED) is 0.602. The number of hydrogen-bond acceptors (Lipinski definition) is 6. The highest BCUT2D eigenvalue weighted by atomic mass is 32.2. The zero-order chi connectivity index (χ0) is 15.6. The van der Waals surface area contributed by atoms with E-state index >= 15 is 0 Å². The molecule has 0 amide bonds. The van der Waals surface area contributed by atoms with Crippen LogP contribution in [0.15, 0.2) is 5.03 Å². The number of sulfone groups is 1. The molecule has 1 aliphatic carbocycles. The molecule has 8 heteroatoms. The molecule has 0 aliphatic heterocycles. The minimum absolute atomic E-state index is 0.0229. The number of carboxylic acid groups (broad SMARTS) is 1. The lowest BCUT2D eigenvalue weighted by Gasteiger charge is -2.09. The maximum absolute atomic E-state index is 11.5. The molecule has 1 aromatic heterocycles. The first-order chi connectivity index (χ1) is 9.84. The van der Waals surface area contributed by atoms with Crippen molar-refractivity contribution in [3.8, 4) is 0 Å². The third-order valence-electron chi connectivity index (χ3n) is 3.30. The molecule has 116 valence electrons. The standard InChI is InChI=1S/C13H18N2O4S2/c1-3-21(18,19)7-6-20-12-10(13(16)17)8(2)14-11(15-12)9-4-5-9/h9H,3-7H2,1-2H3,(H,16,17). The Kier molecular flexibility index (Phi) is 4.88. The molecule has 0 spiro atoms. The second-order valence-electron chi connectivity index (χ2n) is 5.01. The molecule has 0 radical (unpaired) electrons. The summed E-state index contributed by atoms with van der Waals surface area (Å²) in [5.74, 6) is 0.348. The Bertz CT molecular complexity index is 654. The van der Waals surface area contributed by atoms with Crippen LogP contribution in [-0.4, -0.2) is 46.7 Å². The topological polar surface area (TPSA) is 97.2 Å². The number of carbonyl (C=O) groups is 1. The SMILES string of the molecule is CCS(=O)(=O)CCSc1nc(C2CC2)nc(C)c1C(=O)O. The van der Waals surface area contributed by atoms with E-state index in [1.54, 1.807) is 13.8 Å². The van der Waals surface area contributed by atoms with Gasteiger partial charge in [0.05, 0.1) is 11.4 Å². The molecule has 1 fully saturated rings. The molecule has 1 aliphatic rings. The maximum Gasteiger partial charge on any atom is 0.340 e. The minimum Gasteiger partial charge on any atom is -0.478 e. The van der Waals surface area contributed by atoms with Crippen molar-refractivity contribution >= 4 is 27.6 Å². The van der Waals surface area contributed by atoms with Crippen LogP contribution in [0.25, 0.3) is 0 Å². The molecule has 1 N–H and O–H groups in total. The van der Waals surface area contributed by atoms with Crippen LogP contribution in [0.1, 0.15) is 47.6 Å². The number of rotatable bonds is 7. The van der Waals surface area contributed by atoms with Crippen molar-refractivity contribution in [2.75, 3.05) is 17.3 Å². The molecule has 0 bridgehead atoms. The summed E-state index contributed by atoms with van der Waals surface area (Å²) in [5, 5.41) is 9.66. The fourth-order valence-electron chi connectivity index (χ4n) is 1.85. The van der Waals surface area contributed by atoms with E-state index in [2.05, 4.69) is 9.97 Å². The lowest BCUT2D eigenvalue weighted by molar-refractivity contribution is 0.0690. The van der Waals surface area contributed by atoms with Crippen molar-refractivity contribution in [2.45, 2.75) is 37.6 Å². The van der Waals surface area contributed by atoms with E-state index in [1.807, 2.05) is 0 Å². The molecular formula is C13H18N2O4S2. The molecule has 1 aromatic rings. The normalized spacial score (nSPS) is 15.1. The molecule has 0 aromatic carbocycles. The van der Waals surface area contributed by atoms with Crippen molar-refractivity contribution in [1.29, 1.82) is 0 Å². The molecule has 1 heterocycles. The largest absolute Gasteiger partial charge is 0.478 e. The highest BCUT2D eigenvalue weighted by Crippen LogP contribution is 2.39. The third kappa shape index (κ3) is 4.16. The van der Waals surface area contributed by atoms with Gasteiger partial charge in [-0.05, 0) is 19.8 Å². The number of aromatic nitrogens is 2. The van der Waals surface area contributed by atoms with Crippen LogP contribution in [0.4, 0.5) is 0 Å². The minimum atomic E-state index is -3.06. The van der Waals surface area contributed by atoms with E-state index in [1.165, 1.54) is 11.8 Å². The number of hydrogen-bond donors (Lipinski definition) is 1. The molecule has 0 saturated heterocycles. The van der Waals surface area contributed by atoms with Gasteiger partial charge in [0.25, 0.3) is 0 Å². The summed E-state index contributed by atoms with van der Waals surface area (Å²) in [7, 11) is -3.06. The van der Waals surface area contributed by atoms with Crippen LogP contribution in [0.2, 0.25) is 0 Å². The Morgan fingerprint density at radius 3 is 2.57 bits per heavy atom. The van der Waals surface area contributed by atoms with Crippen LogP contribution in [0, 0.1) is 6.92 Å². The molecule has 2 rings (SSSR count). The molecule has 1 saturated carbocycles. The average molecular weight is 330 g/mol. The first-order valence-corrected chi connectivity index (χ1v) is 9.59. The summed E-state index contributed by atoms with van der Waals surface area (Å²) in [6.07, 6.45) is 2.06. The second-order valence-corrected chi connectivity index (χ2v) is 8.57. The maximum atomic E-state index is 11.5. The van der Waals surface area contributed by atoms with E-state index in [4.69, 9.17) is 0 Å². The monoisotopic (exact) mass is 330 g/mol. The zero-order valence-corrected chi connectivity index (χ0v) is 13.6. The van der Waals surface area contributed by atoms with Crippen molar-refractivity contribution < 1.29 is 18.3 Å². The van der Waals surface area contributed by atoms with Gasteiger partial charge in [0, 0.05) is 17.4 Å². The number of aryl methyl sites for hydroxylation is 1. The highest BCUT2D eigenvalue weighted by Gasteiger charge is 2.29. The van der Waals surface area contributed by atoms with Gasteiger partial charge >= 0.3 is 5.97 Å². The van der Waals surface area contributed by atoms with Gasteiger partial charge in [0.1, 0.15) is 16.4 Å². The lowest BCUT2D eigenvalue weighted by atomic mass is 10.2. The Labute approximate surface area is 128 Å². The number of thioether (sulfide) groups is 1. The fraction of sp³-hybridized carbons (Fsp3) is 0.615. The summed E-state index contributed by atoms with van der Waals surface area (Å²) in [6.45, 7) is 3.26. The average Bonchev–Trinajstić information content (AvgIpc) is 3.21. The van der Waals surface area contributed by atoms with Crippen molar-refractivity contribution in [3.63, 3.8) is 0 Å². The molecular weight excluding hydrogens is 312 g/mol. The van der Waals surface area contributed by atoms with Crippen LogP contribution >= 0.6 is 11.8 Å². The number of carboxylic acids is 1. The first kappa shape index (κ1) is 16.2. The molecule has 0 atom stereocenters. The van der Waals surface area contributed by atoms with E-state index in [-0.39, 0.29) is 17.1 Å². The van der Waals surface area contributed by atoms with Crippen LogP contribution in [0.5, 0.6) is 0 Å². The van der Waals surface area contributed by atoms with Gasteiger partial charge in [0.15, 0.2) is 9.84 Å². The van der Waals surface area contributed by atoms with Gasteiger partial charge in [-0.15, -0.1) is 11.8 Å². The van der Waals surface area contributed by atoms with Crippen LogP contribution < -0.4 is 0 Å². The number of aromatic carboxylic acids is 1.